The summed E-state index contributed by atoms with van der Waals surface area (Å²) >= 11 is 0. The van der Waals surface area contributed by atoms with Gasteiger partial charge < -0.3 is 0 Å². The summed E-state index contributed by atoms with van der Waals surface area (Å²) in [5, 5.41) is 15.4. The highest BCUT2D eigenvalue weighted by Crippen LogP contribution is 2.55. The van der Waals surface area contributed by atoms with Crippen LogP contribution in [0.3, 0.4) is 0 Å². The second kappa shape index (κ2) is 12.0. The van der Waals surface area contributed by atoms with E-state index in [-0.39, 0.29) is 5.41 Å². The van der Waals surface area contributed by atoms with Crippen LogP contribution in [-0.4, -0.2) is 0 Å². The predicted octanol–water partition coefficient (Wildman–Crippen LogP) is 15.9. The average Bonchev–Trinajstić information content (AvgIpc) is 3.51. The Morgan fingerprint density at radius 2 is 0.772 bits per heavy atom. The third kappa shape index (κ3) is 4.56. The van der Waals surface area contributed by atoms with Crippen LogP contribution >= 0.6 is 0 Å². The Morgan fingerprint density at radius 1 is 0.281 bits per heavy atom. The molecule has 0 saturated carbocycles. The molecule has 0 saturated heterocycles. The first kappa shape index (κ1) is 32.2. The van der Waals surface area contributed by atoms with Crippen molar-refractivity contribution in [1.29, 1.82) is 0 Å². The zero-order valence-electron chi connectivity index (χ0n) is 32.0. The van der Waals surface area contributed by atoms with Gasteiger partial charge in [0.15, 0.2) is 0 Å². The van der Waals surface area contributed by atoms with Gasteiger partial charge in [0, 0.05) is 5.41 Å². The minimum absolute atomic E-state index is 0.159. The van der Waals surface area contributed by atoms with E-state index in [1.807, 2.05) is 0 Å². The monoisotopic (exact) mass is 722 g/mol. The fourth-order valence-corrected chi connectivity index (χ4v) is 10.6. The molecular weight excluding hydrogens is 685 g/mol. The Kier molecular flexibility index (Phi) is 6.78. The molecule has 0 heteroatoms. The molecule has 0 aliphatic heterocycles. The number of hydrogen-bond acceptors (Lipinski definition) is 0. The first-order chi connectivity index (χ1) is 28.1. The van der Waals surface area contributed by atoms with E-state index in [1.54, 1.807) is 0 Å². The number of fused-ring (bicyclic) bond motifs is 12. The minimum Gasteiger partial charge on any atom is -0.0616 e. The van der Waals surface area contributed by atoms with E-state index in [1.165, 1.54) is 120 Å². The van der Waals surface area contributed by atoms with E-state index in [2.05, 4.69) is 208 Å². The van der Waals surface area contributed by atoms with Gasteiger partial charge in [-0.2, -0.15) is 0 Å². The van der Waals surface area contributed by atoms with Crippen molar-refractivity contribution in [2.75, 3.05) is 0 Å². The maximum atomic E-state index is 2.44. The SMILES string of the molecule is CC1(C)c2c(-c3cccc(-c4c5ccccc5c(-c5cc6ccc7ccccc7c6c6ccccc56)c5ccccc45)c3)cccc2-c2ccc3ccccc3c21. The topological polar surface area (TPSA) is 0 Å². The zero-order chi connectivity index (χ0) is 37.8. The van der Waals surface area contributed by atoms with Gasteiger partial charge in [-0.15, -0.1) is 0 Å². The number of benzene rings is 11. The standard InChI is InChI=1S/C57H38/c1-57(2)55-41-20-6-4-16-36(41)31-32-50(55)49-28-14-27-42(56(49)57)37-17-13-18-38(33-37)53-45-23-9-11-25-47(45)54(48-26-12-10-24-46(48)53)51-34-39-30-29-35-15-3-5-19-40(35)52(39)44-22-8-7-21-43(44)51/h3-34H,1-2H3. The van der Waals surface area contributed by atoms with Crippen molar-refractivity contribution in [3.05, 3.63) is 205 Å². The molecule has 1 aliphatic carbocycles. The molecule has 0 atom stereocenters. The molecule has 0 fully saturated rings. The van der Waals surface area contributed by atoms with E-state index in [0.29, 0.717) is 0 Å². The molecule has 0 amide bonds. The molecule has 0 unspecified atom stereocenters. The van der Waals surface area contributed by atoms with Gasteiger partial charge in [-0.1, -0.05) is 196 Å². The maximum Gasteiger partial charge on any atom is 0.0171 e. The Hall–Kier alpha value is -7.02. The van der Waals surface area contributed by atoms with Crippen molar-refractivity contribution in [2.24, 2.45) is 0 Å². The molecule has 0 bridgehead atoms. The van der Waals surface area contributed by atoms with E-state index < -0.39 is 0 Å². The third-order valence-electron chi connectivity index (χ3n) is 12.9. The van der Waals surface area contributed by atoms with Gasteiger partial charge in [0.25, 0.3) is 0 Å². The predicted molar refractivity (Wildman–Crippen MR) is 245 cm³/mol. The number of rotatable bonds is 3. The van der Waals surface area contributed by atoms with Gasteiger partial charge >= 0.3 is 0 Å². The van der Waals surface area contributed by atoms with Crippen LogP contribution < -0.4 is 0 Å². The van der Waals surface area contributed by atoms with E-state index in [0.717, 1.165) is 0 Å². The summed E-state index contributed by atoms with van der Waals surface area (Å²) < 4.78 is 0. The van der Waals surface area contributed by atoms with Crippen molar-refractivity contribution in [3.63, 3.8) is 0 Å². The van der Waals surface area contributed by atoms with Gasteiger partial charge in [0.2, 0.25) is 0 Å². The van der Waals surface area contributed by atoms with Crippen molar-refractivity contribution < 1.29 is 0 Å². The molecule has 12 rings (SSSR count). The summed E-state index contributed by atoms with van der Waals surface area (Å²) in [5.41, 5.74) is 13.0. The van der Waals surface area contributed by atoms with Crippen LogP contribution in [0.15, 0.2) is 194 Å². The van der Waals surface area contributed by atoms with Crippen molar-refractivity contribution in [2.45, 2.75) is 19.3 Å². The molecule has 0 N–H and O–H groups in total. The third-order valence-corrected chi connectivity index (χ3v) is 12.9. The Labute approximate surface area is 332 Å². The van der Waals surface area contributed by atoms with Crippen LogP contribution in [0.2, 0.25) is 0 Å². The molecule has 0 heterocycles. The Bertz CT molecular complexity index is 3430. The van der Waals surface area contributed by atoms with Crippen molar-refractivity contribution >= 4 is 64.6 Å². The van der Waals surface area contributed by atoms with Gasteiger partial charge in [-0.3, -0.25) is 0 Å². The van der Waals surface area contributed by atoms with Gasteiger partial charge in [-0.05, 0) is 132 Å². The summed E-state index contributed by atoms with van der Waals surface area (Å²) in [6.07, 6.45) is 0. The largest absolute Gasteiger partial charge is 0.0616 e. The first-order valence-corrected chi connectivity index (χ1v) is 20.1. The Balaban J connectivity index is 1.10. The lowest BCUT2D eigenvalue weighted by Crippen LogP contribution is -2.16. The van der Waals surface area contributed by atoms with E-state index >= 15 is 0 Å². The molecule has 57 heavy (non-hydrogen) atoms. The summed E-state index contributed by atoms with van der Waals surface area (Å²) in [6.45, 7) is 4.83. The molecule has 11 aromatic carbocycles. The van der Waals surface area contributed by atoms with Crippen molar-refractivity contribution in [1.82, 2.24) is 0 Å². The van der Waals surface area contributed by atoms with Crippen LogP contribution in [0.1, 0.15) is 25.0 Å². The smallest absolute Gasteiger partial charge is 0.0171 e. The first-order valence-electron chi connectivity index (χ1n) is 20.1. The molecule has 0 radical (unpaired) electrons. The fourth-order valence-electron chi connectivity index (χ4n) is 10.6. The summed E-state index contributed by atoms with van der Waals surface area (Å²) in [4.78, 5) is 0. The highest BCUT2D eigenvalue weighted by Gasteiger charge is 2.39. The molecule has 11 aromatic rings. The lowest BCUT2D eigenvalue weighted by molar-refractivity contribution is 0.668. The maximum absolute atomic E-state index is 2.44. The quantitative estimate of drug-likeness (QED) is 0.126. The highest BCUT2D eigenvalue weighted by molar-refractivity contribution is 6.28. The normalized spacial score (nSPS) is 13.2. The second-order valence-corrected chi connectivity index (χ2v) is 16.3. The van der Waals surface area contributed by atoms with E-state index in [4.69, 9.17) is 0 Å². The van der Waals surface area contributed by atoms with Crippen LogP contribution in [0.5, 0.6) is 0 Å². The van der Waals surface area contributed by atoms with Gasteiger partial charge in [0.05, 0.1) is 0 Å². The van der Waals surface area contributed by atoms with E-state index in [9.17, 15) is 0 Å². The molecule has 0 aromatic heterocycles. The summed E-state index contributed by atoms with van der Waals surface area (Å²) in [6, 6.07) is 72.6. The minimum atomic E-state index is -0.159. The van der Waals surface area contributed by atoms with Crippen LogP contribution in [0, 0.1) is 0 Å². The molecule has 266 valence electrons. The molecule has 1 aliphatic rings. The molecule has 0 spiro atoms. The van der Waals surface area contributed by atoms with Gasteiger partial charge in [-0.25, -0.2) is 0 Å². The van der Waals surface area contributed by atoms with Crippen molar-refractivity contribution in [3.8, 4) is 44.5 Å². The Morgan fingerprint density at radius 3 is 1.49 bits per heavy atom. The molecular formula is C57H38. The van der Waals surface area contributed by atoms with Crippen LogP contribution in [0.25, 0.3) is 109 Å². The zero-order valence-corrected chi connectivity index (χ0v) is 32.0. The van der Waals surface area contributed by atoms with Crippen LogP contribution in [-0.2, 0) is 5.41 Å². The summed E-state index contributed by atoms with van der Waals surface area (Å²) in [5.74, 6) is 0. The second-order valence-electron chi connectivity index (χ2n) is 16.3. The highest BCUT2D eigenvalue weighted by atomic mass is 14.4. The summed E-state index contributed by atoms with van der Waals surface area (Å²) in [7, 11) is 0. The average molecular weight is 723 g/mol. The lowest BCUT2D eigenvalue weighted by atomic mass is 9.77. The van der Waals surface area contributed by atoms with Gasteiger partial charge in [0.1, 0.15) is 0 Å². The lowest BCUT2D eigenvalue weighted by Gasteiger charge is -2.26. The number of hydrogen-bond donors (Lipinski definition) is 0. The molecule has 0 nitrogen and oxygen atoms in total. The van der Waals surface area contributed by atoms with Crippen LogP contribution in [0.4, 0.5) is 0 Å². The fraction of sp³-hybridized carbons (Fsp3) is 0.0526.